The second-order valence-electron chi connectivity index (χ2n) is 2.17. The Balaban J connectivity index is 2.59. The second kappa shape index (κ2) is 4.18. The molecule has 0 aromatic heterocycles. The van der Waals surface area contributed by atoms with Crippen LogP contribution in [-0.4, -0.2) is 11.0 Å². The van der Waals surface area contributed by atoms with Gasteiger partial charge in [0.25, 0.3) is 5.91 Å². The monoisotopic (exact) mass is 163 g/mol. The van der Waals surface area contributed by atoms with Crippen molar-refractivity contribution < 1.29 is 9.90 Å². The van der Waals surface area contributed by atoms with Gasteiger partial charge in [0.1, 0.15) is 0 Å². The normalized spacial score (nSPS) is 10.0. The van der Waals surface area contributed by atoms with Gasteiger partial charge >= 0.3 is 0 Å². The smallest absolute Gasteiger partial charge is 0.251 e. The van der Waals surface area contributed by atoms with Crippen LogP contribution >= 0.6 is 0 Å². The van der Waals surface area contributed by atoms with E-state index >= 15 is 0 Å². The zero-order valence-electron chi connectivity index (χ0n) is 6.40. The van der Waals surface area contributed by atoms with Crippen LogP contribution in [0.3, 0.4) is 0 Å². The molecule has 0 aliphatic rings. The lowest BCUT2D eigenvalue weighted by Gasteiger charge is -1.99. The van der Waals surface area contributed by atoms with Crippen LogP contribution in [0.25, 0.3) is 0 Å². The maximum absolute atomic E-state index is 10.9. The molecule has 0 heterocycles. The molecule has 3 nitrogen and oxygen atoms in total. The molecule has 1 aromatic rings. The lowest BCUT2D eigenvalue weighted by atomic mass is 10.3. The number of aliphatic hydroxyl groups is 1. The van der Waals surface area contributed by atoms with Crippen molar-refractivity contribution in [2.45, 2.75) is 0 Å². The summed E-state index contributed by atoms with van der Waals surface area (Å²) in [7, 11) is 0. The van der Waals surface area contributed by atoms with Crippen molar-refractivity contribution in [3.8, 4) is 0 Å². The fourth-order valence-electron chi connectivity index (χ4n) is 0.773. The Bertz CT molecular complexity index is 280. The van der Waals surface area contributed by atoms with Gasteiger partial charge in [-0.15, -0.1) is 0 Å². The van der Waals surface area contributed by atoms with Crippen molar-refractivity contribution in [2.75, 3.05) is 5.32 Å². The molecule has 1 aromatic carbocycles. The Morgan fingerprint density at radius 2 is 2.00 bits per heavy atom. The number of anilines is 1. The Morgan fingerprint density at radius 3 is 2.58 bits per heavy atom. The molecule has 0 spiro atoms. The van der Waals surface area contributed by atoms with Gasteiger partial charge in [-0.25, -0.2) is 0 Å². The molecule has 0 saturated heterocycles. The summed E-state index contributed by atoms with van der Waals surface area (Å²) in [6.45, 7) is 0. The van der Waals surface area contributed by atoms with Crippen LogP contribution in [0.2, 0.25) is 0 Å². The average molecular weight is 163 g/mol. The maximum atomic E-state index is 10.9. The van der Waals surface area contributed by atoms with E-state index in [-0.39, 0.29) is 5.91 Å². The zero-order valence-corrected chi connectivity index (χ0v) is 6.40. The molecule has 12 heavy (non-hydrogen) atoms. The van der Waals surface area contributed by atoms with Gasteiger partial charge in [-0.1, -0.05) is 18.2 Å². The minimum atomic E-state index is -0.344. The number of hydrogen-bond acceptors (Lipinski definition) is 2. The molecule has 0 aliphatic carbocycles. The number of nitrogens with one attached hydrogen (secondary N) is 1. The van der Waals surface area contributed by atoms with E-state index in [1.54, 1.807) is 12.1 Å². The van der Waals surface area contributed by atoms with Gasteiger partial charge in [-0.05, 0) is 12.1 Å². The van der Waals surface area contributed by atoms with Gasteiger partial charge in [0.15, 0.2) is 0 Å². The van der Waals surface area contributed by atoms with Crippen molar-refractivity contribution in [1.29, 1.82) is 0 Å². The molecule has 1 amide bonds. The number of rotatable bonds is 2. The molecule has 3 heteroatoms. The van der Waals surface area contributed by atoms with Crippen molar-refractivity contribution >= 4 is 11.6 Å². The fraction of sp³-hybridized carbons (Fsp3) is 0. The quantitative estimate of drug-likeness (QED) is 0.515. The molecule has 0 unspecified atom stereocenters. The van der Waals surface area contributed by atoms with E-state index in [9.17, 15) is 4.79 Å². The SMILES string of the molecule is O=C(/C=C\O)Nc1ccccc1. The summed E-state index contributed by atoms with van der Waals surface area (Å²) in [4.78, 5) is 10.9. The van der Waals surface area contributed by atoms with Gasteiger partial charge in [0.05, 0.1) is 6.26 Å². The van der Waals surface area contributed by atoms with Gasteiger partial charge in [-0.2, -0.15) is 0 Å². The molecule has 1 rings (SSSR count). The van der Waals surface area contributed by atoms with Gasteiger partial charge in [0, 0.05) is 11.8 Å². The first kappa shape index (κ1) is 8.33. The highest BCUT2D eigenvalue weighted by molar-refractivity contribution is 5.98. The van der Waals surface area contributed by atoms with Crippen LogP contribution in [0.15, 0.2) is 42.7 Å². The van der Waals surface area contributed by atoms with Gasteiger partial charge in [-0.3, -0.25) is 4.79 Å². The van der Waals surface area contributed by atoms with E-state index in [1.807, 2.05) is 18.2 Å². The van der Waals surface area contributed by atoms with E-state index in [2.05, 4.69) is 5.32 Å². The lowest BCUT2D eigenvalue weighted by molar-refractivity contribution is -0.112. The first-order valence-electron chi connectivity index (χ1n) is 3.50. The summed E-state index contributed by atoms with van der Waals surface area (Å²) in [5.41, 5.74) is 0.709. The van der Waals surface area contributed by atoms with E-state index in [4.69, 9.17) is 5.11 Å². The minimum absolute atomic E-state index is 0.344. The molecule has 0 bridgehead atoms. The molecular formula is C9H9NO2. The summed E-state index contributed by atoms with van der Waals surface area (Å²) in [6.07, 6.45) is 1.76. The zero-order chi connectivity index (χ0) is 8.81. The number of benzene rings is 1. The van der Waals surface area contributed by atoms with Crippen molar-refractivity contribution in [3.63, 3.8) is 0 Å². The third-order valence-corrected chi connectivity index (χ3v) is 1.27. The molecule has 0 aliphatic heterocycles. The van der Waals surface area contributed by atoms with Crippen LogP contribution in [0.4, 0.5) is 5.69 Å². The van der Waals surface area contributed by atoms with Crippen molar-refractivity contribution in [2.24, 2.45) is 0 Å². The average Bonchev–Trinajstić information content (AvgIpc) is 2.06. The lowest BCUT2D eigenvalue weighted by Crippen LogP contribution is -2.07. The molecule has 0 fully saturated rings. The van der Waals surface area contributed by atoms with Crippen molar-refractivity contribution in [1.82, 2.24) is 0 Å². The topological polar surface area (TPSA) is 49.3 Å². The summed E-state index contributed by atoms with van der Waals surface area (Å²) in [6, 6.07) is 9.03. The van der Waals surface area contributed by atoms with Crippen LogP contribution in [-0.2, 0) is 4.79 Å². The van der Waals surface area contributed by atoms with Crippen LogP contribution in [0.5, 0.6) is 0 Å². The van der Waals surface area contributed by atoms with Crippen molar-refractivity contribution in [3.05, 3.63) is 42.7 Å². The Morgan fingerprint density at radius 1 is 1.33 bits per heavy atom. The Kier molecular flexibility index (Phi) is 2.90. The predicted octanol–water partition coefficient (Wildman–Crippen LogP) is 1.70. The van der Waals surface area contributed by atoms with E-state index in [0.29, 0.717) is 11.9 Å². The third kappa shape index (κ3) is 2.46. The first-order chi connectivity index (χ1) is 5.83. The number of carbonyl (C=O) groups is 1. The van der Waals surface area contributed by atoms with Crippen LogP contribution < -0.4 is 5.32 Å². The highest BCUT2D eigenvalue weighted by Gasteiger charge is 1.94. The highest BCUT2D eigenvalue weighted by Crippen LogP contribution is 2.04. The number of aliphatic hydroxyl groups excluding tert-OH is 1. The number of hydrogen-bond donors (Lipinski definition) is 2. The summed E-state index contributed by atoms with van der Waals surface area (Å²) < 4.78 is 0. The Labute approximate surface area is 70.3 Å². The first-order valence-corrected chi connectivity index (χ1v) is 3.50. The predicted molar refractivity (Wildman–Crippen MR) is 46.8 cm³/mol. The van der Waals surface area contributed by atoms with Crippen LogP contribution in [0, 0.1) is 0 Å². The summed E-state index contributed by atoms with van der Waals surface area (Å²) in [5.74, 6) is -0.344. The third-order valence-electron chi connectivity index (χ3n) is 1.27. The van der Waals surface area contributed by atoms with Crippen LogP contribution in [0.1, 0.15) is 0 Å². The Hall–Kier alpha value is -1.77. The molecule has 0 radical (unpaired) electrons. The molecule has 0 atom stereocenters. The molecular weight excluding hydrogens is 154 g/mol. The molecule has 0 saturated carbocycles. The molecule has 2 N–H and O–H groups in total. The van der Waals surface area contributed by atoms with Gasteiger partial charge < -0.3 is 10.4 Å². The summed E-state index contributed by atoms with van der Waals surface area (Å²) >= 11 is 0. The van der Waals surface area contributed by atoms with E-state index < -0.39 is 0 Å². The highest BCUT2D eigenvalue weighted by atomic mass is 16.2. The number of para-hydroxylation sites is 1. The van der Waals surface area contributed by atoms with E-state index in [0.717, 1.165) is 6.08 Å². The molecule has 62 valence electrons. The largest absolute Gasteiger partial charge is 0.515 e. The minimum Gasteiger partial charge on any atom is -0.515 e. The van der Waals surface area contributed by atoms with Gasteiger partial charge in [0.2, 0.25) is 0 Å². The van der Waals surface area contributed by atoms with E-state index in [1.165, 1.54) is 0 Å². The fourth-order valence-corrected chi connectivity index (χ4v) is 0.773. The standard InChI is InChI=1S/C9H9NO2/c11-7-6-9(12)10-8-4-2-1-3-5-8/h1-7,11H,(H,10,12)/b7-6-. The maximum Gasteiger partial charge on any atom is 0.251 e. The number of amides is 1. The number of carbonyl (C=O) groups excluding carboxylic acids is 1. The summed E-state index contributed by atoms with van der Waals surface area (Å²) in [5, 5.41) is 10.8. The second-order valence-corrected chi connectivity index (χ2v) is 2.17.